The van der Waals surface area contributed by atoms with Crippen molar-refractivity contribution in [2.45, 2.75) is 11.8 Å². The summed E-state index contributed by atoms with van der Waals surface area (Å²) in [5, 5.41) is 5.13. The molecule has 7 heteroatoms. The number of carbonyl (C=O) groups excluding carboxylic acids is 1. The summed E-state index contributed by atoms with van der Waals surface area (Å²) < 4.78 is 22.6. The highest BCUT2D eigenvalue weighted by atomic mass is 32.2. The lowest BCUT2D eigenvalue weighted by Crippen LogP contribution is -2.27. The fraction of sp³-hybridized carbons (Fsp3) is 0.273. The number of nitrogens with zero attached hydrogens (tertiary/aromatic N) is 2. The molecule has 0 spiro atoms. The Labute approximate surface area is 105 Å². The van der Waals surface area contributed by atoms with Gasteiger partial charge in [-0.3, -0.25) is 4.79 Å². The smallest absolute Gasteiger partial charge is 0.257 e. The van der Waals surface area contributed by atoms with Gasteiger partial charge in [0, 0.05) is 6.26 Å². The normalized spacial score (nSPS) is 20.1. The number of amidine groups is 1. The number of anilines is 1. The summed E-state index contributed by atoms with van der Waals surface area (Å²) in [6.07, 6.45) is 1.13. The molecular formula is C11H13N3O3S. The predicted octanol–water partition coefficient (Wildman–Crippen LogP) is 0.345. The van der Waals surface area contributed by atoms with Gasteiger partial charge in [0.25, 0.3) is 5.91 Å². The number of hydrazone groups is 1. The van der Waals surface area contributed by atoms with E-state index in [1.807, 2.05) is 0 Å². The molecule has 18 heavy (non-hydrogen) atoms. The van der Waals surface area contributed by atoms with Crippen LogP contribution < -0.4 is 10.7 Å². The van der Waals surface area contributed by atoms with E-state index in [1.165, 1.54) is 29.3 Å². The van der Waals surface area contributed by atoms with Crippen LogP contribution in [-0.2, 0) is 14.6 Å². The molecule has 0 bridgehead atoms. The van der Waals surface area contributed by atoms with Crippen molar-refractivity contribution in [2.75, 3.05) is 11.3 Å². The molecule has 1 aliphatic rings. The van der Waals surface area contributed by atoms with Crippen LogP contribution >= 0.6 is 0 Å². The van der Waals surface area contributed by atoms with Crippen LogP contribution in [0.25, 0.3) is 0 Å². The van der Waals surface area contributed by atoms with Crippen molar-refractivity contribution in [1.82, 2.24) is 0 Å². The first-order chi connectivity index (χ1) is 8.30. The second-order valence-electron chi connectivity index (χ2n) is 4.16. The number of amides is 1. The van der Waals surface area contributed by atoms with Crippen molar-refractivity contribution in [3.05, 3.63) is 24.3 Å². The predicted molar refractivity (Wildman–Crippen MR) is 67.8 cm³/mol. The zero-order valence-corrected chi connectivity index (χ0v) is 10.8. The molecule has 0 radical (unpaired) electrons. The van der Waals surface area contributed by atoms with Crippen LogP contribution in [-0.4, -0.2) is 26.4 Å². The number of rotatable bonds is 2. The average molecular weight is 267 g/mol. The van der Waals surface area contributed by atoms with Crippen LogP contribution in [0.1, 0.15) is 6.92 Å². The SMILES string of the molecule is CC1C(=O)N(c2ccc(S(C)(=O)=O)cc2)N=C1N. The molecule has 1 atom stereocenters. The Morgan fingerprint density at radius 1 is 1.28 bits per heavy atom. The summed E-state index contributed by atoms with van der Waals surface area (Å²) in [6, 6.07) is 5.94. The van der Waals surface area contributed by atoms with Crippen molar-refractivity contribution in [3.63, 3.8) is 0 Å². The molecule has 1 unspecified atom stereocenters. The molecule has 1 heterocycles. The summed E-state index contributed by atoms with van der Waals surface area (Å²) in [7, 11) is -3.24. The van der Waals surface area contributed by atoms with Crippen LogP contribution in [0, 0.1) is 5.92 Å². The number of benzene rings is 1. The molecule has 1 amide bonds. The first-order valence-electron chi connectivity index (χ1n) is 5.29. The second-order valence-corrected chi connectivity index (χ2v) is 6.18. The first kappa shape index (κ1) is 12.6. The van der Waals surface area contributed by atoms with Crippen LogP contribution in [0.4, 0.5) is 5.69 Å². The highest BCUT2D eigenvalue weighted by molar-refractivity contribution is 7.90. The third-order valence-electron chi connectivity index (χ3n) is 2.75. The molecule has 1 aliphatic heterocycles. The Bertz CT molecular complexity index is 619. The topological polar surface area (TPSA) is 92.8 Å². The highest BCUT2D eigenvalue weighted by Crippen LogP contribution is 2.23. The molecule has 96 valence electrons. The second kappa shape index (κ2) is 4.09. The summed E-state index contributed by atoms with van der Waals surface area (Å²) in [6.45, 7) is 1.67. The maximum Gasteiger partial charge on any atom is 0.257 e. The quantitative estimate of drug-likeness (QED) is 0.836. The first-order valence-corrected chi connectivity index (χ1v) is 7.18. The zero-order chi connectivity index (χ0) is 13.5. The van der Waals surface area contributed by atoms with E-state index in [0.29, 0.717) is 5.69 Å². The van der Waals surface area contributed by atoms with Gasteiger partial charge >= 0.3 is 0 Å². The van der Waals surface area contributed by atoms with E-state index in [9.17, 15) is 13.2 Å². The van der Waals surface area contributed by atoms with Gasteiger partial charge in [-0.05, 0) is 31.2 Å². The third-order valence-corrected chi connectivity index (χ3v) is 3.88. The summed E-state index contributed by atoms with van der Waals surface area (Å²) in [5.74, 6) is -0.411. The van der Waals surface area contributed by atoms with Gasteiger partial charge in [-0.1, -0.05) is 0 Å². The summed E-state index contributed by atoms with van der Waals surface area (Å²) >= 11 is 0. The number of carbonyl (C=O) groups is 1. The lowest BCUT2D eigenvalue weighted by Gasteiger charge is -2.12. The average Bonchev–Trinajstić information content (AvgIpc) is 2.56. The van der Waals surface area contributed by atoms with Crippen molar-refractivity contribution >= 4 is 27.3 Å². The fourth-order valence-corrected chi connectivity index (χ4v) is 2.21. The Hall–Kier alpha value is -1.89. The van der Waals surface area contributed by atoms with Crippen LogP contribution in [0.5, 0.6) is 0 Å². The summed E-state index contributed by atoms with van der Waals surface area (Å²) in [4.78, 5) is 12.0. The van der Waals surface area contributed by atoms with Gasteiger partial charge < -0.3 is 5.73 Å². The van der Waals surface area contributed by atoms with Crippen LogP contribution in [0.2, 0.25) is 0 Å². The monoisotopic (exact) mass is 267 g/mol. The Kier molecular flexibility index (Phi) is 2.86. The highest BCUT2D eigenvalue weighted by Gasteiger charge is 2.31. The zero-order valence-electron chi connectivity index (χ0n) is 9.99. The van der Waals surface area contributed by atoms with Gasteiger partial charge in [-0.2, -0.15) is 10.1 Å². The number of sulfone groups is 1. The minimum atomic E-state index is -3.24. The lowest BCUT2D eigenvalue weighted by atomic mass is 10.1. The van der Waals surface area contributed by atoms with Gasteiger partial charge in [-0.25, -0.2) is 8.42 Å². The molecular weight excluding hydrogens is 254 g/mol. The molecule has 1 aromatic carbocycles. The van der Waals surface area contributed by atoms with E-state index in [-0.39, 0.29) is 16.6 Å². The van der Waals surface area contributed by atoms with Crippen LogP contribution in [0.3, 0.4) is 0 Å². The fourth-order valence-electron chi connectivity index (χ4n) is 1.58. The number of hydrogen-bond acceptors (Lipinski definition) is 5. The summed E-state index contributed by atoms with van der Waals surface area (Å²) in [5.41, 5.74) is 6.09. The maximum absolute atomic E-state index is 11.8. The van der Waals surface area contributed by atoms with Gasteiger partial charge in [-0.15, -0.1) is 0 Å². The van der Waals surface area contributed by atoms with E-state index in [2.05, 4.69) is 5.10 Å². The molecule has 0 aliphatic carbocycles. The minimum absolute atomic E-state index is 0.197. The maximum atomic E-state index is 11.8. The number of hydrogen-bond donors (Lipinski definition) is 1. The Balaban J connectivity index is 2.35. The van der Waals surface area contributed by atoms with Gasteiger partial charge in [0.1, 0.15) is 5.84 Å². The van der Waals surface area contributed by atoms with Crippen molar-refractivity contribution < 1.29 is 13.2 Å². The molecule has 2 rings (SSSR count). The van der Waals surface area contributed by atoms with Crippen LogP contribution in [0.15, 0.2) is 34.3 Å². The molecule has 6 nitrogen and oxygen atoms in total. The molecule has 2 N–H and O–H groups in total. The molecule has 0 saturated heterocycles. The van der Waals surface area contributed by atoms with Gasteiger partial charge in [0.15, 0.2) is 9.84 Å². The molecule has 0 aromatic heterocycles. The van der Waals surface area contributed by atoms with Gasteiger partial charge in [0.2, 0.25) is 0 Å². The minimum Gasteiger partial charge on any atom is -0.385 e. The Morgan fingerprint density at radius 3 is 2.22 bits per heavy atom. The number of nitrogens with two attached hydrogens (primary N) is 1. The van der Waals surface area contributed by atoms with Crippen molar-refractivity contribution in [2.24, 2.45) is 16.8 Å². The van der Waals surface area contributed by atoms with E-state index in [0.717, 1.165) is 6.26 Å². The standard InChI is InChI=1S/C11H13N3O3S/c1-7-10(12)13-14(11(7)15)8-3-5-9(6-4-8)18(2,16)17/h3-7H,1-2H3,(H2,12,13). The van der Waals surface area contributed by atoms with Crippen molar-refractivity contribution in [1.29, 1.82) is 0 Å². The lowest BCUT2D eigenvalue weighted by molar-refractivity contribution is -0.119. The van der Waals surface area contributed by atoms with E-state index in [1.54, 1.807) is 6.92 Å². The molecule has 1 aromatic rings. The van der Waals surface area contributed by atoms with Crippen molar-refractivity contribution in [3.8, 4) is 0 Å². The van der Waals surface area contributed by atoms with E-state index < -0.39 is 15.8 Å². The Morgan fingerprint density at radius 2 is 1.83 bits per heavy atom. The molecule has 0 saturated carbocycles. The largest absolute Gasteiger partial charge is 0.385 e. The third kappa shape index (κ3) is 2.08. The molecule has 0 fully saturated rings. The van der Waals surface area contributed by atoms with Gasteiger partial charge in [0.05, 0.1) is 16.5 Å². The van der Waals surface area contributed by atoms with E-state index in [4.69, 9.17) is 5.73 Å². The van der Waals surface area contributed by atoms with E-state index >= 15 is 0 Å².